The Morgan fingerprint density at radius 3 is 2.91 bits per heavy atom. The predicted octanol–water partition coefficient (Wildman–Crippen LogP) is 2.69. The molecule has 3 rings (SSSR count). The molecule has 1 atom stereocenters. The van der Waals surface area contributed by atoms with Crippen molar-refractivity contribution in [3.8, 4) is 5.75 Å². The lowest BCUT2D eigenvalue weighted by atomic mass is 10.0. The lowest BCUT2D eigenvalue weighted by Gasteiger charge is -2.26. The highest BCUT2D eigenvalue weighted by atomic mass is 16.5. The summed E-state index contributed by atoms with van der Waals surface area (Å²) in [5.41, 5.74) is 1.07. The van der Waals surface area contributed by atoms with Gasteiger partial charge >= 0.3 is 6.03 Å². The van der Waals surface area contributed by atoms with Crippen LogP contribution < -0.4 is 15.4 Å². The molecular weight excluding hydrogens is 290 g/mol. The van der Waals surface area contributed by atoms with E-state index in [1.807, 2.05) is 24.3 Å². The lowest BCUT2D eigenvalue weighted by molar-refractivity contribution is 0.223. The molecule has 0 bridgehead atoms. The number of rotatable bonds is 6. The Morgan fingerprint density at radius 1 is 1.22 bits per heavy atom. The number of benzene rings is 1. The molecule has 5 nitrogen and oxygen atoms in total. The molecule has 2 heterocycles. The molecule has 2 aliphatic heterocycles. The number of para-hydroxylation sites is 1. The second kappa shape index (κ2) is 8.20. The van der Waals surface area contributed by atoms with E-state index in [9.17, 15) is 4.79 Å². The van der Waals surface area contributed by atoms with Crippen LogP contribution in [0.25, 0.3) is 0 Å². The summed E-state index contributed by atoms with van der Waals surface area (Å²) in [6.45, 7) is 5.05. The van der Waals surface area contributed by atoms with Crippen molar-refractivity contribution >= 4 is 6.03 Å². The molecule has 1 saturated heterocycles. The molecule has 0 saturated carbocycles. The highest BCUT2D eigenvalue weighted by Crippen LogP contribution is 2.31. The maximum absolute atomic E-state index is 12.1. The van der Waals surface area contributed by atoms with Crippen LogP contribution in [0.2, 0.25) is 0 Å². The number of likely N-dealkylation sites (tertiary alicyclic amines) is 1. The summed E-state index contributed by atoms with van der Waals surface area (Å²) in [5.74, 6) is 0.884. The first-order valence-corrected chi connectivity index (χ1v) is 8.81. The Hall–Kier alpha value is -1.75. The standard InChI is InChI=1S/C18H27N3O2/c22-18(19-10-3-4-11-21-12-5-6-13-21)20-16-9-14-23-17-8-2-1-7-15(16)17/h1-2,7-8,16H,3-6,9-14H2,(H2,19,20,22)/t16-/m1/s1. The SMILES string of the molecule is O=C(NCCCCN1CCCC1)N[C@@H]1CCOc2ccccc21. The van der Waals surface area contributed by atoms with Gasteiger partial charge in [0.05, 0.1) is 12.6 Å². The molecule has 126 valence electrons. The molecule has 0 spiro atoms. The van der Waals surface area contributed by atoms with Crippen LogP contribution in [0.4, 0.5) is 4.79 Å². The number of hydrogen-bond acceptors (Lipinski definition) is 3. The molecule has 1 aromatic carbocycles. The number of nitrogens with zero attached hydrogens (tertiary/aromatic N) is 1. The summed E-state index contributed by atoms with van der Waals surface area (Å²) in [6, 6.07) is 7.90. The van der Waals surface area contributed by atoms with Gasteiger partial charge in [0.25, 0.3) is 0 Å². The fraction of sp³-hybridized carbons (Fsp3) is 0.611. The van der Waals surface area contributed by atoms with E-state index in [0.717, 1.165) is 43.7 Å². The molecule has 5 heteroatoms. The topological polar surface area (TPSA) is 53.6 Å². The van der Waals surface area contributed by atoms with Gasteiger partial charge in [0.15, 0.2) is 0 Å². The monoisotopic (exact) mass is 317 g/mol. The van der Waals surface area contributed by atoms with E-state index in [0.29, 0.717) is 6.61 Å². The van der Waals surface area contributed by atoms with Gasteiger partial charge < -0.3 is 20.3 Å². The molecule has 0 radical (unpaired) electrons. The smallest absolute Gasteiger partial charge is 0.315 e. The Balaban J connectivity index is 1.35. The quantitative estimate of drug-likeness (QED) is 0.793. The summed E-state index contributed by atoms with van der Waals surface area (Å²) in [4.78, 5) is 14.6. The van der Waals surface area contributed by atoms with Gasteiger partial charge in [-0.2, -0.15) is 0 Å². The van der Waals surface area contributed by atoms with Crippen LogP contribution in [-0.2, 0) is 0 Å². The van der Waals surface area contributed by atoms with Crippen LogP contribution >= 0.6 is 0 Å². The zero-order valence-electron chi connectivity index (χ0n) is 13.7. The second-order valence-corrected chi connectivity index (χ2v) is 6.38. The molecule has 0 aliphatic carbocycles. The van der Waals surface area contributed by atoms with Crippen LogP contribution in [0.3, 0.4) is 0 Å². The van der Waals surface area contributed by atoms with Gasteiger partial charge in [-0.05, 0) is 51.4 Å². The van der Waals surface area contributed by atoms with E-state index in [1.165, 1.54) is 25.9 Å². The van der Waals surface area contributed by atoms with Gasteiger partial charge in [-0.1, -0.05) is 18.2 Å². The molecule has 2 aliphatic rings. The second-order valence-electron chi connectivity index (χ2n) is 6.38. The molecular formula is C18H27N3O2. The number of ether oxygens (including phenoxy) is 1. The molecule has 0 aromatic heterocycles. The first kappa shape index (κ1) is 16.1. The maximum Gasteiger partial charge on any atom is 0.315 e. The summed E-state index contributed by atoms with van der Waals surface area (Å²) in [7, 11) is 0. The van der Waals surface area contributed by atoms with E-state index in [1.54, 1.807) is 0 Å². The Labute approximate surface area is 138 Å². The first-order chi connectivity index (χ1) is 11.3. The summed E-state index contributed by atoms with van der Waals surface area (Å²) in [6.07, 6.45) is 5.69. The van der Waals surface area contributed by atoms with Crippen molar-refractivity contribution in [1.82, 2.24) is 15.5 Å². The average molecular weight is 317 g/mol. The molecule has 1 aromatic rings. The number of nitrogens with one attached hydrogen (secondary N) is 2. The number of hydrogen-bond donors (Lipinski definition) is 2. The Morgan fingerprint density at radius 2 is 2.04 bits per heavy atom. The molecule has 0 unspecified atom stereocenters. The third kappa shape index (κ3) is 4.61. The number of fused-ring (bicyclic) bond motifs is 1. The van der Waals surface area contributed by atoms with Crippen molar-refractivity contribution in [1.29, 1.82) is 0 Å². The van der Waals surface area contributed by atoms with Crippen molar-refractivity contribution in [2.45, 2.75) is 38.1 Å². The highest BCUT2D eigenvalue weighted by molar-refractivity contribution is 5.74. The van der Waals surface area contributed by atoms with Crippen molar-refractivity contribution in [2.24, 2.45) is 0 Å². The van der Waals surface area contributed by atoms with Crippen LogP contribution in [0.1, 0.15) is 43.7 Å². The van der Waals surface area contributed by atoms with Gasteiger partial charge in [0.2, 0.25) is 0 Å². The van der Waals surface area contributed by atoms with E-state index in [4.69, 9.17) is 4.74 Å². The number of urea groups is 1. The lowest BCUT2D eigenvalue weighted by Crippen LogP contribution is -2.40. The maximum atomic E-state index is 12.1. The van der Waals surface area contributed by atoms with Gasteiger partial charge in [-0.15, -0.1) is 0 Å². The Kier molecular flexibility index (Phi) is 5.75. The minimum Gasteiger partial charge on any atom is -0.493 e. The van der Waals surface area contributed by atoms with Gasteiger partial charge in [-0.25, -0.2) is 4.79 Å². The van der Waals surface area contributed by atoms with E-state index in [2.05, 4.69) is 15.5 Å². The third-order valence-electron chi connectivity index (χ3n) is 4.65. The zero-order chi connectivity index (χ0) is 15.9. The summed E-state index contributed by atoms with van der Waals surface area (Å²) >= 11 is 0. The largest absolute Gasteiger partial charge is 0.493 e. The minimum atomic E-state index is -0.0760. The van der Waals surface area contributed by atoms with Crippen LogP contribution in [0, 0.1) is 0 Å². The van der Waals surface area contributed by atoms with Crippen LogP contribution in [0.15, 0.2) is 24.3 Å². The minimum absolute atomic E-state index is 0.0459. The van der Waals surface area contributed by atoms with Crippen molar-refractivity contribution in [2.75, 3.05) is 32.8 Å². The zero-order valence-corrected chi connectivity index (χ0v) is 13.7. The number of amides is 2. The fourth-order valence-electron chi connectivity index (χ4n) is 3.37. The van der Waals surface area contributed by atoms with E-state index < -0.39 is 0 Å². The van der Waals surface area contributed by atoms with Crippen LogP contribution in [-0.4, -0.2) is 43.7 Å². The third-order valence-corrected chi connectivity index (χ3v) is 4.65. The molecule has 2 amide bonds. The fourth-order valence-corrected chi connectivity index (χ4v) is 3.37. The molecule has 1 fully saturated rings. The normalized spacial score (nSPS) is 20.6. The van der Waals surface area contributed by atoms with E-state index in [-0.39, 0.29) is 12.1 Å². The highest BCUT2D eigenvalue weighted by Gasteiger charge is 2.22. The van der Waals surface area contributed by atoms with Crippen molar-refractivity contribution in [3.63, 3.8) is 0 Å². The molecule has 23 heavy (non-hydrogen) atoms. The predicted molar refractivity (Wildman–Crippen MR) is 90.7 cm³/mol. The number of carbonyl (C=O) groups excluding carboxylic acids is 1. The van der Waals surface area contributed by atoms with E-state index >= 15 is 0 Å². The van der Waals surface area contributed by atoms with Crippen molar-refractivity contribution in [3.05, 3.63) is 29.8 Å². The molecule has 2 N–H and O–H groups in total. The average Bonchev–Trinajstić information content (AvgIpc) is 3.08. The van der Waals surface area contributed by atoms with Gasteiger partial charge in [0.1, 0.15) is 5.75 Å². The summed E-state index contributed by atoms with van der Waals surface area (Å²) < 4.78 is 5.62. The summed E-state index contributed by atoms with van der Waals surface area (Å²) in [5, 5.41) is 6.04. The first-order valence-electron chi connectivity index (χ1n) is 8.81. The Bertz CT molecular complexity index is 515. The van der Waals surface area contributed by atoms with Gasteiger partial charge in [0, 0.05) is 18.5 Å². The van der Waals surface area contributed by atoms with Crippen molar-refractivity contribution < 1.29 is 9.53 Å². The number of carbonyl (C=O) groups is 1. The van der Waals surface area contributed by atoms with Crippen LogP contribution in [0.5, 0.6) is 5.75 Å². The number of unbranched alkanes of at least 4 members (excludes halogenated alkanes) is 1. The van der Waals surface area contributed by atoms with Gasteiger partial charge in [-0.3, -0.25) is 0 Å².